The number of halogens is 1. The third-order valence-electron chi connectivity index (χ3n) is 5.91. The van der Waals surface area contributed by atoms with E-state index >= 15 is 0 Å². The zero-order valence-corrected chi connectivity index (χ0v) is 17.4. The maximum Gasteiger partial charge on any atom is 0.225 e. The second kappa shape index (κ2) is 8.29. The Morgan fingerprint density at radius 1 is 1.07 bits per heavy atom. The molecule has 1 aromatic carbocycles. The van der Waals surface area contributed by atoms with Crippen molar-refractivity contribution in [1.82, 2.24) is 29.6 Å². The molecule has 8 nitrogen and oxygen atoms in total. The minimum absolute atomic E-state index is 0.108. The van der Waals surface area contributed by atoms with E-state index in [0.717, 1.165) is 61.3 Å². The third kappa shape index (κ3) is 3.66. The summed E-state index contributed by atoms with van der Waals surface area (Å²) in [6.07, 6.45) is 5.51. The molecule has 0 atom stereocenters. The fourth-order valence-electron chi connectivity index (χ4n) is 4.45. The topological polar surface area (TPSA) is 83.2 Å². The summed E-state index contributed by atoms with van der Waals surface area (Å²) in [5.41, 5.74) is 2.22. The summed E-state index contributed by atoms with van der Waals surface area (Å²) in [6.45, 7) is 3.85. The number of aliphatic hydroxyl groups excluding tert-OH is 1. The monoisotopic (exact) mass is 425 g/mol. The number of aliphatic hydroxyl groups is 1. The third-order valence-corrected chi connectivity index (χ3v) is 6.14. The van der Waals surface area contributed by atoms with Crippen molar-refractivity contribution in [1.29, 1.82) is 0 Å². The average molecular weight is 426 g/mol. The molecule has 9 heteroatoms. The van der Waals surface area contributed by atoms with Gasteiger partial charge < -0.3 is 10.0 Å². The van der Waals surface area contributed by atoms with Crippen LogP contribution in [0.5, 0.6) is 0 Å². The highest BCUT2D eigenvalue weighted by molar-refractivity contribution is 6.30. The molecule has 2 aliphatic heterocycles. The van der Waals surface area contributed by atoms with Gasteiger partial charge in [-0.1, -0.05) is 11.6 Å². The number of hydrogen-bond donors (Lipinski definition) is 1. The van der Waals surface area contributed by atoms with E-state index < -0.39 is 0 Å². The van der Waals surface area contributed by atoms with Crippen LogP contribution >= 0.6 is 11.6 Å². The normalized spacial score (nSPS) is 17.5. The largest absolute Gasteiger partial charge is 0.395 e. The van der Waals surface area contributed by atoms with Gasteiger partial charge in [-0.25, -0.2) is 9.97 Å². The van der Waals surface area contributed by atoms with Gasteiger partial charge in [0.1, 0.15) is 5.82 Å². The van der Waals surface area contributed by atoms with Crippen molar-refractivity contribution >= 4 is 17.5 Å². The molecule has 1 N–H and O–H groups in total. The highest BCUT2D eigenvalue weighted by Crippen LogP contribution is 2.33. The molecule has 0 saturated carbocycles. The Morgan fingerprint density at radius 3 is 2.63 bits per heavy atom. The van der Waals surface area contributed by atoms with E-state index in [4.69, 9.17) is 11.6 Å². The van der Waals surface area contributed by atoms with Gasteiger partial charge in [0.05, 0.1) is 18.8 Å². The fourth-order valence-corrected chi connectivity index (χ4v) is 4.64. The lowest BCUT2D eigenvalue weighted by molar-refractivity contribution is 0.183. The Labute approximate surface area is 180 Å². The van der Waals surface area contributed by atoms with Crippen LogP contribution in [0.3, 0.4) is 0 Å². The van der Waals surface area contributed by atoms with Gasteiger partial charge in [-0.3, -0.25) is 9.47 Å². The van der Waals surface area contributed by atoms with E-state index in [9.17, 15) is 5.11 Å². The minimum atomic E-state index is 0.108. The van der Waals surface area contributed by atoms with Crippen molar-refractivity contribution in [3.8, 4) is 5.69 Å². The first-order chi connectivity index (χ1) is 14.7. The Balaban J connectivity index is 1.45. The Morgan fingerprint density at radius 2 is 1.87 bits per heavy atom. The first kappa shape index (κ1) is 19.4. The molecule has 0 aliphatic carbocycles. The summed E-state index contributed by atoms with van der Waals surface area (Å²) >= 11 is 6.29. The summed E-state index contributed by atoms with van der Waals surface area (Å²) < 4.78 is 2.21. The number of aromatic nitrogens is 5. The van der Waals surface area contributed by atoms with E-state index in [-0.39, 0.29) is 6.61 Å². The number of rotatable bonds is 4. The smallest absolute Gasteiger partial charge is 0.225 e. The molecule has 5 rings (SSSR count). The Kier molecular flexibility index (Phi) is 5.37. The number of piperidine rings is 1. The van der Waals surface area contributed by atoms with Crippen LogP contribution in [-0.2, 0) is 13.1 Å². The molecule has 30 heavy (non-hydrogen) atoms. The maximum absolute atomic E-state index is 9.46. The van der Waals surface area contributed by atoms with Gasteiger partial charge in [-0.15, -0.1) is 10.2 Å². The van der Waals surface area contributed by atoms with Gasteiger partial charge in [0.2, 0.25) is 5.95 Å². The molecule has 1 saturated heterocycles. The molecule has 4 heterocycles. The number of nitrogens with zero attached hydrogens (tertiary/aromatic N) is 7. The standard InChI is InChI=1S/C21H24ClN7O/c22-17-2-3-18-16(12-17)13-27(10-11-30)14-19-25-26-20(29(18)19)15-4-8-28(9-5-15)21-23-6-1-7-24-21/h1-3,6-7,12,15,30H,4-5,8-11,13-14H2. The number of benzene rings is 1. The molecule has 0 unspecified atom stereocenters. The zero-order valence-electron chi connectivity index (χ0n) is 16.7. The van der Waals surface area contributed by atoms with Crippen molar-refractivity contribution in [3.63, 3.8) is 0 Å². The predicted octanol–water partition coefficient (Wildman–Crippen LogP) is 2.40. The summed E-state index contributed by atoms with van der Waals surface area (Å²) in [5, 5.41) is 19.3. The lowest BCUT2D eigenvalue weighted by atomic mass is 9.95. The van der Waals surface area contributed by atoms with E-state index in [1.165, 1.54) is 0 Å². The van der Waals surface area contributed by atoms with Gasteiger partial charge in [-0.05, 0) is 42.7 Å². The number of fused-ring (bicyclic) bond motifs is 3. The first-order valence-corrected chi connectivity index (χ1v) is 10.7. The van der Waals surface area contributed by atoms with Crippen LogP contribution in [0.2, 0.25) is 5.02 Å². The van der Waals surface area contributed by atoms with E-state index in [1.54, 1.807) is 12.4 Å². The molecule has 0 radical (unpaired) electrons. The summed E-state index contributed by atoms with van der Waals surface area (Å²) in [7, 11) is 0. The molecule has 3 aromatic rings. The van der Waals surface area contributed by atoms with Crippen LogP contribution in [0.1, 0.15) is 36.0 Å². The Bertz CT molecular complexity index is 1020. The molecule has 0 spiro atoms. The van der Waals surface area contributed by atoms with E-state index in [1.807, 2.05) is 18.2 Å². The van der Waals surface area contributed by atoms with Crippen LogP contribution in [0.25, 0.3) is 5.69 Å². The zero-order chi connectivity index (χ0) is 20.5. The van der Waals surface area contributed by atoms with Crippen molar-refractivity contribution in [2.24, 2.45) is 0 Å². The second-order valence-corrected chi connectivity index (χ2v) is 8.26. The van der Waals surface area contributed by atoms with Crippen LogP contribution in [0.15, 0.2) is 36.7 Å². The summed E-state index contributed by atoms with van der Waals surface area (Å²) in [5.74, 6) is 3.02. The van der Waals surface area contributed by atoms with Crippen LogP contribution < -0.4 is 4.90 Å². The van der Waals surface area contributed by atoms with E-state index in [2.05, 4.69) is 40.6 Å². The molecule has 1 fully saturated rings. The highest BCUT2D eigenvalue weighted by Gasteiger charge is 2.30. The van der Waals surface area contributed by atoms with Crippen LogP contribution in [-0.4, -0.2) is 61.0 Å². The van der Waals surface area contributed by atoms with Crippen molar-refractivity contribution < 1.29 is 5.11 Å². The molecule has 0 amide bonds. The number of anilines is 1. The molecule has 2 aromatic heterocycles. The van der Waals surface area contributed by atoms with Crippen molar-refractivity contribution in [3.05, 3.63) is 58.9 Å². The number of β-amino-alcohol motifs (C(OH)–C–C–N with tert-alkyl or cyclic N) is 1. The van der Waals surface area contributed by atoms with Gasteiger partial charge in [0.15, 0.2) is 5.82 Å². The van der Waals surface area contributed by atoms with Crippen molar-refractivity contribution in [2.45, 2.75) is 31.8 Å². The van der Waals surface area contributed by atoms with Gasteiger partial charge in [0, 0.05) is 49.5 Å². The number of hydrogen-bond acceptors (Lipinski definition) is 7. The lowest BCUT2D eigenvalue weighted by Crippen LogP contribution is -2.34. The van der Waals surface area contributed by atoms with Gasteiger partial charge in [-0.2, -0.15) is 0 Å². The van der Waals surface area contributed by atoms with Crippen molar-refractivity contribution in [2.75, 3.05) is 31.1 Å². The summed E-state index contributed by atoms with van der Waals surface area (Å²) in [6, 6.07) is 7.83. The maximum atomic E-state index is 9.46. The van der Waals surface area contributed by atoms with E-state index in [0.29, 0.717) is 24.0 Å². The minimum Gasteiger partial charge on any atom is -0.395 e. The molecular formula is C21H24ClN7O. The fraction of sp³-hybridized carbons (Fsp3) is 0.429. The second-order valence-electron chi connectivity index (χ2n) is 7.83. The van der Waals surface area contributed by atoms with Gasteiger partial charge >= 0.3 is 0 Å². The highest BCUT2D eigenvalue weighted by atomic mass is 35.5. The Hall–Kier alpha value is -2.55. The quantitative estimate of drug-likeness (QED) is 0.687. The predicted molar refractivity (Wildman–Crippen MR) is 114 cm³/mol. The molecule has 2 aliphatic rings. The van der Waals surface area contributed by atoms with Crippen LogP contribution in [0.4, 0.5) is 5.95 Å². The lowest BCUT2D eigenvalue weighted by Gasteiger charge is -2.31. The van der Waals surface area contributed by atoms with Crippen LogP contribution in [0, 0.1) is 0 Å². The molecule has 0 bridgehead atoms. The first-order valence-electron chi connectivity index (χ1n) is 10.3. The van der Waals surface area contributed by atoms with Gasteiger partial charge in [0.25, 0.3) is 0 Å². The molecule has 156 valence electrons. The SMILES string of the molecule is OCCN1Cc2cc(Cl)ccc2-n2c(nnc2C2CCN(c3ncccn3)CC2)C1. The molecular weight excluding hydrogens is 402 g/mol. The summed E-state index contributed by atoms with van der Waals surface area (Å²) in [4.78, 5) is 13.2. The average Bonchev–Trinajstić information content (AvgIpc) is 3.11.